The molecule has 8 unspecified atom stereocenters. The fraction of sp³-hybridized carbons (Fsp3) is 0.655. The first-order chi connectivity index (χ1) is 17.7. The number of furan rings is 1. The summed E-state index contributed by atoms with van der Waals surface area (Å²) in [6.45, 7) is 13.3. The van der Waals surface area contributed by atoms with Crippen LogP contribution in [0.2, 0.25) is 0 Å². The molecule has 1 spiro atoms. The molecule has 0 aromatic carbocycles. The summed E-state index contributed by atoms with van der Waals surface area (Å²) in [6, 6.07) is 1.75. The Bertz CT molecular complexity index is 1200. The van der Waals surface area contributed by atoms with Crippen LogP contribution in [0.3, 0.4) is 0 Å². The number of methoxy groups -OCH3 is 1. The van der Waals surface area contributed by atoms with Gasteiger partial charge in [0, 0.05) is 35.7 Å². The number of Topliss-reactive ketones (excluding diaryl/α,β-unsaturated/α-hetero) is 1. The van der Waals surface area contributed by atoms with Gasteiger partial charge in [0.05, 0.1) is 44.0 Å². The molecule has 2 bridgehead atoms. The van der Waals surface area contributed by atoms with Gasteiger partial charge >= 0.3 is 17.9 Å². The number of hydrogen-bond donors (Lipinski definition) is 0. The third kappa shape index (κ3) is 3.39. The summed E-state index contributed by atoms with van der Waals surface area (Å²) in [5, 5.41) is 0. The Labute approximate surface area is 222 Å². The van der Waals surface area contributed by atoms with E-state index in [-0.39, 0.29) is 25.0 Å². The molecular weight excluding hydrogens is 492 g/mol. The molecule has 4 aliphatic rings. The van der Waals surface area contributed by atoms with Gasteiger partial charge in [-0.1, -0.05) is 27.4 Å². The Morgan fingerprint density at radius 1 is 1.18 bits per heavy atom. The first-order valence-electron chi connectivity index (χ1n) is 13.1. The van der Waals surface area contributed by atoms with Crippen molar-refractivity contribution < 1.29 is 42.5 Å². The molecule has 2 aliphatic heterocycles. The van der Waals surface area contributed by atoms with Crippen LogP contribution in [0.5, 0.6) is 0 Å². The lowest BCUT2D eigenvalue weighted by Gasteiger charge is -2.59. The van der Waals surface area contributed by atoms with Crippen LogP contribution >= 0.6 is 0 Å². The predicted molar refractivity (Wildman–Crippen MR) is 132 cm³/mol. The number of hydrogen-bond acceptors (Lipinski definition) is 9. The summed E-state index contributed by atoms with van der Waals surface area (Å²) in [5.74, 6) is -2.63. The number of carbonyl (C=O) groups excluding carboxylic acids is 4. The topological polar surface area (TPSA) is 118 Å². The van der Waals surface area contributed by atoms with E-state index < -0.39 is 69.9 Å². The minimum Gasteiger partial charge on any atom is -0.472 e. The maximum Gasteiger partial charge on any atom is 0.309 e. The number of rotatable bonds is 4. The molecule has 1 aromatic heterocycles. The first kappa shape index (κ1) is 26.7. The highest BCUT2D eigenvalue weighted by Crippen LogP contribution is 2.70. The fourth-order valence-electron chi connectivity index (χ4n) is 8.07. The summed E-state index contributed by atoms with van der Waals surface area (Å²) < 4.78 is 29.0. The van der Waals surface area contributed by atoms with Gasteiger partial charge in [-0.15, -0.1) is 0 Å². The quantitative estimate of drug-likeness (QED) is 0.323. The second kappa shape index (κ2) is 8.53. The highest BCUT2D eigenvalue weighted by Gasteiger charge is 2.75. The van der Waals surface area contributed by atoms with E-state index in [0.717, 1.165) is 0 Å². The normalized spacial score (nSPS) is 41.4. The van der Waals surface area contributed by atoms with E-state index in [1.54, 1.807) is 12.3 Å². The van der Waals surface area contributed by atoms with Crippen molar-refractivity contribution in [1.29, 1.82) is 0 Å². The van der Waals surface area contributed by atoms with Gasteiger partial charge in [-0.05, 0) is 30.9 Å². The molecule has 38 heavy (non-hydrogen) atoms. The zero-order valence-electron chi connectivity index (χ0n) is 22.8. The van der Waals surface area contributed by atoms with Crippen molar-refractivity contribution >= 4 is 23.7 Å². The molecule has 0 amide bonds. The van der Waals surface area contributed by atoms with E-state index >= 15 is 0 Å². The van der Waals surface area contributed by atoms with E-state index in [0.29, 0.717) is 17.6 Å². The monoisotopic (exact) mass is 528 g/mol. The van der Waals surface area contributed by atoms with Gasteiger partial charge in [0.25, 0.3) is 0 Å². The maximum absolute atomic E-state index is 14.7. The summed E-state index contributed by atoms with van der Waals surface area (Å²) in [4.78, 5) is 52.6. The third-order valence-electron chi connectivity index (χ3n) is 10.2. The summed E-state index contributed by atoms with van der Waals surface area (Å²) in [6.07, 6.45) is 1.44. The van der Waals surface area contributed by atoms with Gasteiger partial charge in [0.1, 0.15) is 23.6 Å². The fourth-order valence-corrected chi connectivity index (χ4v) is 8.07. The van der Waals surface area contributed by atoms with Crippen LogP contribution in [-0.2, 0) is 38.1 Å². The van der Waals surface area contributed by atoms with Crippen molar-refractivity contribution in [3.05, 3.63) is 36.3 Å². The third-order valence-corrected chi connectivity index (χ3v) is 10.2. The van der Waals surface area contributed by atoms with Crippen LogP contribution in [0, 0.1) is 28.1 Å². The van der Waals surface area contributed by atoms with Gasteiger partial charge < -0.3 is 23.4 Å². The number of fused-ring (bicyclic) bond motifs is 2. The van der Waals surface area contributed by atoms with Gasteiger partial charge in [-0.3, -0.25) is 19.2 Å². The van der Waals surface area contributed by atoms with Crippen molar-refractivity contribution in [3.8, 4) is 0 Å². The van der Waals surface area contributed by atoms with Gasteiger partial charge in [0.2, 0.25) is 0 Å². The van der Waals surface area contributed by atoms with E-state index in [9.17, 15) is 19.2 Å². The molecule has 5 rings (SSSR count). The number of cyclic esters (lactones) is 1. The molecule has 2 saturated heterocycles. The van der Waals surface area contributed by atoms with E-state index in [1.807, 2.05) is 27.7 Å². The Balaban J connectivity index is 1.67. The van der Waals surface area contributed by atoms with Crippen molar-refractivity contribution in [2.75, 3.05) is 7.11 Å². The van der Waals surface area contributed by atoms with Gasteiger partial charge in [-0.25, -0.2) is 0 Å². The largest absolute Gasteiger partial charge is 0.472 e. The SMILES string of the molecule is C=C1C2CC3(C)C(c4ccoc4)OC(=O)CC13OC1CC(OC(C)=O)C(C)(C)C(CC(=O)OC)C1(C)C2=O. The van der Waals surface area contributed by atoms with Crippen molar-refractivity contribution in [3.63, 3.8) is 0 Å². The number of esters is 3. The number of carbonyl (C=O) groups is 4. The Morgan fingerprint density at radius 2 is 1.89 bits per heavy atom. The Kier molecular flexibility index (Phi) is 5.98. The van der Waals surface area contributed by atoms with Crippen molar-refractivity contribution in [2.45, 2.75) is 84.2 Å². The summed E-state index contributed by atoms with van der Waals surface area (Å²) >= 11 is 0. The highest BCUT2D eigenvalue weighted by atomic mass is 16.6. The standard InChI is InChI=1S/C29H36O9/c1-15-18-12-27(5)25(17-8-9-35-14-17)37-23(32)13-29(15,27)38-21-11-20(36-16(2)30)26(3,4)19(10-22(31)34-7)28(21,6)24(18)33/h8-9,14,18-21,25H,1,10-13H2,2-7H3. The summed E-state index contributed by atoms with van der Waals surface area (Å²) in [7, 11) is 1.31. The maximum atomic E-state index is 14.7. The molecule has 9 nitrogen and oxygen atoms in total. The van der Waals surface area contributed by atoms with Crippen LogP contribution in [0.15, 0.2) is 35.2 Å². The minimum absolute atomic E-state index is 0.0491. The zero-order chi connectivity index (χ0) is 27.8. The molecule has 0 N–H and O–H groups in total. The van der Waals surface area contributed by atoms with Crippen LogP contribution in [0.4, 0.5) is 0 Å². The number of ether oxygens (including phenoxy) is 4. The van der Waals surface area contributed by atoms with Crippen molar-refractivity contribution in [2.24, 2.45) is 28.1 Å². The Morgan fingerprint density at radius 3 is 2.50 bits per heavy atom. The molecule has 1 aromatic rings. The van der Waals surface area contributed by atoms with Crippen molar-refractivity contribution in [1.82, 2.24) is 0 Å². The lowest BCUT2D eigenvalue weighted by Crippen LogP contribution is -2.65. The molecule has 206 valence electrons. The average molecular weight is 529 g/mol. The van der Waals surface area contributed by atoms with E-state index in [4.69, 9.17) is 23.4 Å². The zero-order valence-corrected chi connectivity index (χ0v) is 22.8. The van der Waals surface area contributed by atoms with E-state index in [2.05, 4.69) is 6.58 Å². The van der Waals surface area contributed by atoms with Crippen LogP contribution in [-0.4, -0.2) is 48.6 Å². The average Bonchev–Trinajstić information content (AvgIpc) is 3.43. The smallest absolute Gasteiger partial charge is 0.309 e. The second-order valence-corrected chi connectivity index (χ2v) is 12.4. The molecule has 9 heteroatoms. The van der Waals surface area contributed by atoms with Crippen LogP contribution in [0.1, 0.15) is 72.0 Å². The first-order valence-corrected chi connectivity index (χ1v) is 13.1. The Hall–Kier alpha value is -2.94. The lowest BCUT2D eigenvalue weighted by molar-refractivity contribution is -0.258. The molecule has 3 heterocycles. The predicted octanol–water partition coefficient (Wildman–Crippen LogP) is 4.10. The molecule has 4 fully saturated rings. The van der Waals surface area contributed by atoms with E-state index in [1.165, 1.54) is 20.3 Å². The number of ketones is 1. The molecule has 2 aliphatic carbocycles. The highest BCUT2D eigenvalue weighted by molar-refractivity contribution is 5.93. The molecule has 0 radical (unpaired) electrons. The molecule has 2 saturated carbocycles. The lowest BCUT2D eigenvalue weighted by atomic mass is 9.50. The van der Waals surface area contributed by atoms with Crippen LogP contribution < -0.4 is 0 Å². The van der Waals surface area contributed by atoms with Gasteiger partial charge in [0.15, 0.2) is 0 Å². The van der Waals surface area contributed by atoms with Gasteiger partial charge in [-0.2, -0.15) is 0 Å². The second-order valence-electron chi connectivity index (χ2n) is 12.4. The van der Waals surface area contributed by atoms with Crippen LogP contribution in [0.25, 0.3) is 0 Å². The molecule has 8 atom stereocenters. The molecular formula is C29H36O9. The minimum atomic E-state index is -1.19. The summed E-state index contributed by atoms with van der Waals surface area (Å²) in [5.41, 5.74) is -2.62.